The van der Waals surface area contributed by atoms with E-state index in [-0.39, 0.29) is 23.8 Å². The fourth-order valence-corrected chi connectivity index (χ4v) is 2.91. The van der Waals surface area contributed by atoms with E-state index in [1.165, 1.54) is 54.3 Å². The van der Waals surface area contributed by atoms with E-state index in [0.717, 1.165) is 0 Å². The molecule has 2 rings (SSSR count). The van der Waals surface area contributed by atoms with Crippen LogP contribution >= 0.6 is 0 Å². The van der Waals surface area contributed by atoms with Crippen LogP contribution in [0.4, 0.5) is 5.69 Å². The van der Waals surface area contributed by atoms with Gasteiger partial charge in [0.1, 0.15) is 12.2 Å². The quantitative estimate of drug-likeness (QED) is 0.288. The Morgan fingerprint density at radius 1 is 1.33 bits per heavy atom. The molecule has 0 aliphatic carbocycles. The molecule has 0 saturated carbocycles. The summed E-state index contributed by atoms with van der Waals surface area (Å²) in [5.41, 5.74) is 0.0377. The fraction of sp³-hybridized carbons (Fsp3) is 0.350. The highest BCUT2D eigenvalue weighted by atomic mass is 16.6. The number of hydrogen-bond acceptors (Lipinski definition) is 7. The van der Waals surface area contributed by atoms with Crippen LogP contribution in [0.3, 0.4) is 0 Å². The molecule has 30 heavy (non-hydrogen) atoms. The van der Waals surface area contributed by atoms with Gasteiger partial charge in [0.25, 0.3) is 5.91 Å². The summed E-state index contributed by atoms with van der Waals surface area (Å²) in [6.45, 7) is 1.16. The average molecular weight is 417 g/mol. The summed E-state index contributed by atoms with van der Waals surface area (Å²) in [6.07, 6.45) is 4.74. The second-order valence-corrected chi connectivity index (χ2v) is 6.76. The van der Waals surface area contributed by atoms with E-state index >= 15 is 0 Å². The van der Waals surface area contributed by atoms with Crippen molar-refractivity contribution in [3.63, 3.8) is 0 Å². The van der Waals surface area contributed by atoms with Gasteiger partial charge in [-0.15, -0.1) is 0 Å². The minimum atomic E-state index is -0.677. The lowest BCUT2D eigenvalue weighted by Crippen LogP contribution is -2.36. The molecule has 1 heterocycles. The number of esters is 1. The number of methoxy groups -OCH3 is 1. The molecular formula is C20H23N3O7. The van der Waals surface area contributed by atoms with Crippen molar-refractivity contribution < 1.29 is 28.8 Å². The van der Waals surface area contributed by atoms with Gasteiger partial charge in [0.2, 0.25) is 5.91 Å². The van der Waals surface area contributed by atoms with Gasteiger partial charge >= 0.3 is 11.7 Å². The number of hydrogen-bond donors (Lipinski definition) is 0. The van der Waals surface area contributed by atoms with Crippen molar-refractivity contribution in [2.75, 3.05) is 27.8 Å². The number of likely N-dealkylation sites (N-methyl/N-ethyl adjacent to an activating group) is 1. The maximum atomic E-state index is 13.2. The molecule has 1 aliphatic rings. The minimum Gasteiger partial charge on any atom is -0.490 e. The van der Waals surface area contributed by atoms with Gasteiger partial charge in [-0.1, -0.05) is 12.1 Å². The molecule has 0 saturated heterocycles. The number of allylic oxidation sites excluding steroid dienone is 1. The zero-order chi connectivity index (χ0) is 22.4. The first-order chi connectivity index (χ1) is 14.1. The number of rotatable bonds is 7. The Labute approximate surface area is 173 Å². The van der Waals surface area contributed by atoms with Gasteiger partial charge in [-0.25, -0.2) is 0 Å². The number of carbonyl (C=O) groups is 3. The Morgan fingerprint density at radius 3 is 2.60 bits per heavy atom. The highest BCUT2D eigenvalue weighted by Crippen LogP contribution is 2.33. The number of ether oxygens (including phenoxy) is 2. The first-order valence-electron chi connectivity index (χ1n) is 9.03. The van der Waals surface area contributed by atoms with Crippen molar-refractivity contribution in [2.24, 2.45) is 0 Å². The Hall–Kier alpha value is -3.69. The molecule has 1 aromatic rings. The van der Waals surface area contributed by atoms with E-state index in [0.29, 0.717) is 12.0 Å². The number of nitro groups is 1. The smallest absolute Gasteiger partial charge is 0.323 e. The molecule has 10 heteroatoms. The van der Waals surface area contributed by atoms with E-state index in [1.807, 2.05) is 0 Å². The lowest BCUT2D eigenvalue weighted by atomic mass is 10.1. The zero-order valence-corrected chi connectivity index (χ0v) is 17.2. The summed E-state index contributed by atoms with van der Waals surface area (Å²) in [6, 6.07) is 3.65. The van der Waals surface area contributed by atoms with Crippen molar-refractivity contribution in [1.82, 2.24) is 9.80 Å². The molecule has 0 aromatic heterocycles. The molecular weight excluding hydrogens is 394 g/mol. The van der Waals surface area contributed by atoms with Crippen LogP contribution in [-0.2, 0) is 14.3 Å². The molecule has 160 valence electrons. The Kier molecular flexibility index (Phi) is 7.29. The highest BCUT2D eigenvalue weighted by Gasteiger charge is 2.34. The zero-order valence-electron chi connectivity index (χ0n) is 17.2. The maximum Gasteiger partial charge on any atom is 0.323 e. The summed E-state index contributed by atoms with van der Waals surface area (Å²) in [5.74, 6) is -1.43. The van der Waals surface area contributed by atoms with E-state index in [9.17, 15) is 24.5 Å². The predicted molar refractivity (Wildman–Crippen MR) is 107 cm³/mol. The van der Waals surface area contributed by atoms with Crippen molar-refractivity contribution in [3.8, 4) is 5.75 Å². The van der Waals surface area contributed by atoms with Crippen LogP contribution in [0.25, 0.3) is 0 Å². The number of amides is 2. The molecule has 2 amide bonds. The van der Waals surface area contributed by atoms with E-state index < -0.39 is 28.5 Å². The summed E-state index contributed by atoms with van der Waals surface area (Å²) >= 11 is 0. The van der Waals surface area contributed by atoms with Crippen molar-refractivity contribution in [3.05, 3.63) is 57.8 Å². The molecule has 0 radical (unpaired) electrons. The monoisotopic (exact) mass is 417 g/mol. The molecule has 1 atom stereocenters. The van der Waals surface area contributed by atoms with Crippen LogP contribution in [0.2, 0.25) is 0 Å². The van der Waals surface area contributed by atoms with Gasteiger partial charge in [-0.05, 0) is 24.1 Å². The highest BCUT2D eigenvalue weighted by molar-refractivity contribution is 6.00. The number of para-hydroxylation sites is 1. The molecule has 0 spiro atoms. The Bertz CT molecular complexity index is 921. The lowest BCUT2D eigenvalue weighted by molar-refractivity contribution is -0.386. The Balaban J connectivity index is 2.40. The molecule has 0 bridgehead atoms. The third-order valence-corrected chi connectivity index (χ3v) is 4.40. The van der Waals surface area contributed by atoms with Crippen LogP contribution in [0, 0.1) is 10.1 Å². The number of nitro benzene ring substituents is 1. The minimum absolute atomic E-state index is 0.0396. The van der Waals surface area contributed by atoms with Gasteiger partial charge in [0.15, 0.2) is 5.75 Å². The van der Waals surface area contributed by atoms with Gasteiger partial charge < -0.3 is 19.3 Å². The molecule has 1 aliphatic heterocycles. The first-order valence-corrected chi connectivity index (χ1v) is 9.03. The summed E-state index contributed by atoms with van der Waals surface area (Å²) in [5, 5.41) is 11.5. The number of nitrogens with zero attached hydrogens (tertiary/aromatic N) is 3. The van der Waals surface area contributed by atoms with Crippen LogP contribution in [-0.4, -0.2) is 66.4 Å². The third kappa shape index (κ3) is 5.22. The van der Waals surface area contributed by atoms with E-state index in [1.54, 1.807) is 20.2 Å². The topological polar surface area (TPSA) is 119 Å². The van der Waals surface area contributed by atoms with Crippen LogP contribution in [0.5, 0.6) is 5.75 Å². The van der Waals surface area contributed by atoms with E-state index in [4.69, 9.17) is 9.47 Å². The second kappa shape index (κ2) is 9.68. The molecule has 0 fully saturated rings. The molecule has 0 N–H and O–H groups in total. The van der Waals surface area contributed by atoms with Crippen molar-refractivity contribution in [1.29, 1.82) is 0 Å². The number of benzene rings is 1. The lowest BCUT2D eigenvalue weighted by Gasteiger charge is -2.23. The first kappa shape index (κ1) is 22.6. The summed E-state index contributed by atoms with van der Waals surface area (Å²) in [7, 11) is 4.49. The molecule has 1 aromatic carbocycles. The van der Waals surface area contributed by atoms with E-state index in [2.05, 4.69) is 0 Å². The SMILES string of the molecule is COc1cccc(C(=O)N2C=C(/C=C/C(=O)N(C)C)C[C@H]2COC(C)=O)c1[N+](=O)[O-]. The fourth-order valence-electron chi connectivity index (χ4n) is 2.91. The standard InChI is InChI=1S/C20H23N3O7/c1-13(24)30-12-15-10-14(8-9-18(25)21(2)3)11-22(15)20(26)16-6-5-7-17(29-4)19(16)23(27)28/h5-9,11,15H,10,12H2,1-4H3/b9-8+/t15-/m0/s1. The predicted octanol–water partition coefficient (Wildman–Crippen LogP) is 1.91. The van der Waals surface area contributed by atoms with Gasteiger partial charge in [0, 0.05) is 33.3 Å². The maximum absolute atomic E-state index is 13.2. The molecule has 10 nitrogen and oxygen atoms in total. The Morgan fingerprint density at radius 2 is 2.03 bits per heavy atom. The second-order valence-electron chi connectivity index (χ2n) is 6.76. The normalized spacial score (nSPS) is 15.7. The van der Waals surface area contributed by atoms with Crippen molar-refractivity contribution >= 4 is 23.5 Å². The van der Waals surface area contributed by atoms with Crippen molar-refractivity contribution in [2.45, 2.75) is 19.4 Å². The van der Waals surface area contributed by atoms with Crippen LogP contribution < -0.4 is 4.74 Å². The number of carbonyl (C=O) groups excluding carboxylic acids is 3. The van der Waals surface area contributed by atoms with Crippen LogP contribution in [0.1, 0.15) is 23.7 Å². The van der Waals surface area contributed by atoms with Gasteiger partial charge in [0.05, 0.1) is 18.1 Å². The van der Waals surface area contributed by atoms with Gasteiger partial charge in [-0.2, -0.15) is 0 Å². The van der Waals surface area contributed by atoms with Gasteiger partial charge in [-0.3, -0.25) is 24.5 Å². The third-order valence-electron chi connectivity index (χ3n) is 4.40. The summed E-state index contributed by atoms with van der Waals surface area (Å²) < 4.78 is 10.1. The summed E-state index contributed by atoms with van der Waals surface area (Å²) in [4.78, 5) is 49.7. The average Bonchev–Trinajstić information content (AvgIpc) is 3.12. The molecule has 0 unspecified atom stereocenters. The van der Waals surface area contributed by atoms with Crippen LogP contribution in [0.15, 0.2) is 42.1 Å². The largest absolute Gasteiger partial charge is 0.490 e.